The van der Waals surface area contributed by atoms with E-state index in [1.807, 2.05) is 0 Å². The van der Waals surface area contributed by atoms with E-state index in [2.05, 4.69) is 55.9 Å². The first-order valence-electron chi connectivity index (χ1n) is 4.66. The van der Waals surface area contributed by atoms with Crippen molar-refractivity contribution in [1.29, 1.82) is 0 Å². The minimum absolute atomic E-state index is 0.617. The van der Waals surface area contributed by atoms with Gasteiger partial charge in [-0.3, -0.25) is 0 Å². The highest BCUT2D eigenvalue weighted by Gasteiger charge is 2.12. The molecule has 1 rings (SSSR count). The fourth-order valence-corrected chi connectivity index (χ4v) is 1.51. The molecule has 0 saturated carbocycles. The number of aromatic nitrogens is 1. The summed E-state index contributed by atoms with van der Waals surface area (Å²) in [6, 6.07) is 6.83. The van der Waals surface area contributed by atoms with Crippen LogP contribution < -0.4 is 4.57 Å². The summed E-state index contributed by atoms with van der Waals surface area (Å²) in [5.41, 5.74) is 0. The van der Waals surface area contributed by atoms with Crippen LogP contribution in [0.1, 0.15) is 33.2 Å². The molecule has 1 heterocycles. The lowest BCUT2D eigenvalue weighted by Gasteiger charge is -2.08. The van der Waals surface area contributed by atoms with Crippen molar-refractivity contribution in [3.05, 3.63) is 30.6 Å². The number of pyridine rings is 1. The Morgan fingerprint density at radius 2 is 1.58 bits per heavy atom. The van der Waals surface area contributed by atoms with E-state index in [0.717, 1.165) is 5.92 Å². The molecule has 0 aliphatic carbocycles. The minimum Gasteiger partial charge on any atom is -0.203 e. The molecular formula is C11H18N+. The van der Waals surface area contributed by atoms with Crippen LogP contribution in [-0.4, -0.2) is 0 Å². The number of nitrogens with zero attached hydrogens (tertiary/aromatic N) is 1. The minimum atomic E-state index is 0.617. The van der Waals surface area contributed by atoms with Gasteiger partial charge in [-0.2, -0.15) is 0 Å². The predicted octanol–water partition coefficient (Wildman–Crippen LogP) is 2.58. The highest BCUT2D eigenvalue weighted by molar-refractivity contribution is 4.83. The molecule has 12 heavy (non-hydrogen) atoms. The van der Waals surface area contributed by atoms with Gasteiger partial charge in [-0.05, 0) is 12.8 Å². The second-order valence-electron chi connectivity index (χ2n) is 3.80. The summed E-state index contributed by atoms with van der Waals surface area (Å²) < 4.78 is 2.26. The maximum atomic E-state index is 2.26. The lowest BCUT2D eigenvalue weighted by Crippen LogP contribution is -2.37. The Hall–Kier alpha value is -0.850. The predicted molar refractivity (Wildman–Crippen MR) is 50.8 cm³/mol. The van der Waals surface area contributed by atoms with E-state index >= 15 is 0 Å². The third-order valence-corrected chi connectivity index (χ3v) is 2.06. The van der Waals surface area contributed by atoms with Crippen LogP contribution in [0.25, 0.3) is 0 Å². The van der Waals surface area contributed by atoms with Gasteiger partial charge in [0.1, 0.15) is 0 Å². The van der Waals surface area contributed by atoms with Crippen molar-refractivity contribution in [2.75, 3.05) is 0 Å². The fraction of sp³-hybridized carbons (Fsp3) is 0.545. The molecule has 0 spiro atoms. The van der Waals surface area contributed by atoms with Crippen LogP contribution in [0, 0.1) is 5.92 Å². The van der Waals surface area contributed by atoms with E-state index in [1.54, 1.807) is 0 Å². The van der Waals surface area contributed by atoms with Crippen molar-refractivity contribution in [3.8, 4) is 0 Å². The first kappa shape index (κ1) is 9.24. The van der Waals surface area contributed by atoms with Crippen molar-refractivity contribution < 1.29 is 4.57 Å². The molecule has 1 aromatic heterocycles. The smallest absolute Gasteiger partial charge is 0.169 e. The Balaban J connectivity index is 2.59. The third kappa shape index (κ3) is 2.65. The van der Waals surface area contributed by atoms with Crippen LogP contribution in [-0.2, 0) is 0 Å². The molecule has 0 N–H and O–H groups in total. The highest BCUT2D eigenvalue weighted by atomic mass is 15.0. The van der Waals surface area contributed by atoms with Crippen LogP contribution in [0.3, 0.4) is 0 Å². The largest absolute Gasteiger partial charge is 0.203 e. The SMILES string of the molecule is CC(C)CC(C)[n+]1ccccc1. The average Bonchev–Trinajstić information content (AvgIpc) is 2.05. The maximum absolute atomic E-state index is 2.26. The van der Waals surface area contributed by atoms with Gasteiger partial charge < -0.3 is 0 Å². The molecule has 1 nitrogen and oxygen atoms in total. The zero-order chi connectivity index (χ0) is 8.97. The van der Waals surface area contributed by atoms with Gasteiger partial charge in [0.2, 0.25) is 0 Å². The van der Waals surface area contributed by atoms with Gasteiger partial charge in [-0.15, -0.1) is 0 Å². The van der Waals surface area contributed by atoms with Crippen molar-refractivity contribution in [3.63, 3.8) is 0 Å². The highest BCUT2D eigenvalue weighted by Crippen LogP contribution is 2.09. The Labute approximate surface area is 75.1 Å². The van der Waals surface area contributed by atoms with Gasteiger partial charge in [0.05, 0.1) is 0 Å². The zero-order valence-electron chi connectivity index (χ0n) is 8.20. The first-order chi connectivity index (χ1) is 5.70. The Kier molecular flexibility index (Phi) is 3.27. The molecule has 0 radical (unpaired) electrons. The van der Waals surface area contributed by atoms with Crippen molar-refractivity contribution in [1.82, 2.24) is 0 Å². The van der Waals surface area contributed by atoms with Gasteiger partial charge >= 0.3 is 0 Å². The molecule has 0 fully saturated rings. The Morgan fingerprint density at radius 1 is 1.00 bits per heavy atom. The molecule has 0 saturated heterocycles. The van der Waals surface area contributed by atoms with E-state index in [4.69, 9.17) is 0 Å². The molecule has 1 aromatic rings. The molecule has 1 heteroatoms. The van der Waals surface area contributed by atoms with Gasteiger partial charge in [0.25, 0.3) is 0 Å². The Bertz CT molecular complexity index is 216. The second-order valence-corrected chi connectivity index (χ2v) is 3.80. The maximum Gasteiger partial charge on any atom is 0.169 e. The lowest BCUT2D eigenvalue weighted by atomic mass is 10.1. The van der Waals surface area contributed by atoms with Crippen LogP contribution in [0.2, 0.25) is 0 Å². The van der Waals surface area contributed by atoms with E-state index in [-0.39, 0.29) is 0 Å². The zero-order valence-corrected chi connectivity index (χ0v) is 8.20. The van der Waals surface area contributed by atoms with Gasteiger partial charge in [0, 0.05) is 18.6 Å². The van der Waals surface area contributed by atoms with Crippen molar-refractivity contribution >= 4 is 0 Å². The van der Waals surface area contributed by atoms with Gasteiger partial charge in [0.15, 0.2) is 18.4 Å². The molecular weight excluding hydrogens is 146 g/mol. The summed E-state index contributed by atoms with van der Waals surface area (Å²) in [6.45, 7) is 6.79. The second kappa shape index (κ2) is 4.24. The Morgan fingerprint density at radius 3 is 2.08 bits per heavy atom. The van der Waals surface area contributed by atoms with E-state index in [0.29, 0.717) is 6.04 Å². The number of hydrogen-bond donors (Lipinski definition) is 0. The molecule has 0 aromatic carbocycles. The van der Waals surface area contributed by atoms with Crippen LogP contribution >= 0.6 is 0 Å². The standard InChI is InChI=1S/C11H18N/c1-10(2)9-11(3)12-7-5-4-6-8-12/h4-8,10-11H,9H2,1-3H3/q+1. The summed E-state index contributed by atoms with van der Waals surface area (Å²) in [5.74, 6) is 0.771. The average molecular weight is 164 g/mol. The normalized spacial score (nSPS) is 13.3. The van der Waals surface area contributed by atoms with Crippen molar-refractivity contribution in [2.24, 2.45) is 5.92 Å². The molecule has 0 amide bonds. The first-order valence-corrected chi connectivity index (χ1v) is 4.66. The van der Waals surface area contributed by atoms with E-state index in [1.165, 1.54) is 6.42 Å². The summed E-state index contributed by atoms with van der Waals surface area (Å²) in [4.78, 5) is 0. The van der Waals surface area contributed by atoms with Crippen LogP contribution in [0.4, 0.5) is 0 Å². The molecule has 66 valence electrons. The molecule has 1 unspecified atom stereocenters. The van der Waals surface area contributed by atoms with Crippen LogP contribution in [0.15, 0.2) is 30.6 Å². The van der Waals surface area contributed by atoms with E-state index < -0.39 is 0 Å². The topological polar surface area (TPSA) is 3.88 Å². The summed E-state index contributed by atoms with van der Waals surface area (Å²) >= 11 is 0. The van der Waals surface area contributed by atoms with Gasteiger partial charge in [-0.25, -0.2) is 4.57 Å². The van der Waals surface area contributed by atoms with E-state index in [9.17, 15) is 0 Å². The molecule has 0 aliphatic heterocycles. The summed E-state index contributed by atoms with van der Waals surface area (Å²) in [5, 5.41) is 0. The number of hydrogen-bond acceptors (Lipinski definition) is 0. The lowest BCUT2D eigenvalue weighted by molar-refractivity contribution is -0.721. The molecule has 1 atom stereocenters. The molecule has 0 bridgehead atoms. The van der Waals surface area contributed by atoms with Crippen LogP contribution in [0.5, 0.6) is 0 Å². The summed E-state index contributed by atoms with van der Waals surface area (Å²) in [7, 11) is 0. The summed E-state index contributed by atoms with van der Waals surface area (Å²) in [6.07, 6.45) is 5.51. The van der Waals surface area contributed by atoms with Gasteiger partial charge in [-0.1, -0.05) is 19.9 Å². The monoisotopic (exact) mass is 164 g/mol. The number of rotatable bonds is 3. The van der Waals surface area contributed by atoms with Crippen molar-refractivity contribution in [2.45, 2.75) is 33.2 Å². The quantitative estimate of drug-likeness (QED) is 0.604. The fourth-order valence-electron chi connectivity index (χ4n) is 1.51. The molecule has 0 aliphatic rings. The third-order valence-electron chi connectivity index (χ3n) is 2.06.